The van der Waals surface area contributed by atoms with Gasteiger partial charge in [0.15, 0.2) is 5.69 Å². The van der Waals surface area contributed by atoms with E-state index in [0.29, 0.717) is 0 Å². The standard InChI is InChI=1S/C16H21N3O/c20-16(15-11-2-1-3-14(11)17-18-15)19-7-12-9-4-5-10(6-9)13(12)8-19/h9-10,12-13H,1-8H2,(H,17,18)/t9-,10+,12-,13+. The first kappa shape index (κ1) is 11.4. The molecular weight excluding hydrogens is 250 g/mol. The van der Waals surface area contributed by atoms with Crippen LogP contribution in [0.4, 0.5) is 0 Å². The molecule has 1 saturated heterocycles. The molecule has 0 spiro atoms. The van der Waals surface area contributed by atoms with Crippen molar-refractivity contribution >= 4 is 5.91 Å². The summed E-state index contributed by atoms with van der Waals surface area (Å²) in [5.41, 5.74) is 3.13. The molecule has 4 heteroatoms. The number of rotatable bonds is 1. The fraction of sp³-hybridized carbons (Fsp3) is 0.750. The Morgan fingerprint density at radius 3 is 2.65 bits per heavy atom. The largest absolute Gasteiger partial charge is 0.337 e. The van der Waals surface area contributed by atoms with E-state index >= 15 is 0 Å². The van der Waals surface area contributed by atoms with Crippen LogP contribution in [0.5, 0.6) is 0 Å². The zero-order chi connectivity index (χ0) is 13.3. The lowest BCUT2D eigenvalue weighted by atomic mass is 9.82. The lowest BCUT2D eigenvalue weighted by molar-refractivity contribution is 0.0769. The third-order valence-corrected chi connectivity index (χ3v) is 6.43. The lowest BCUT2D eigenvalue weighted by Gasteiger charge is -2.22. The molecule has 2 heterocycles. The Morgan fingerprint density at radius 1 is 1.15 bits per heavy atom. The summed E-state index contributed by atoms with van der Waals surface area (Å²) in [5, 5.41) is 7.39. The highest BCUT2D eigenvalue weighted by atomic mass is 16.2. The number of carbonyl (C=O) groups excluding carboxylic acids is 1. The summed E-state index contributed by atoms with van der Waals surface area (Å²) in [6.45, 7) is 1.98. The SMILES string of the molecule is O=C(c1n[nH]c2c1CCC2)N1C[C@@H]2[C@@H]3CC[C@@H](C3)[C@@H]2C1. The Hall–Kier alpha value is -1.32. The molecule has 5 rings (SSSR count). The number of nitrogens with zero attached hydrogens (tertiary/aromatic N) is 2. The Kier molecular flexibility index (Phi) is 2.19. The summed E-state index contributed by atoms with van der Waals surface area (Å²) in [7, 11) is 0. The minimum absolute atomic E-state index is 0.193. The first-order chi connectivity index (χ1) is 9.81. The van der Waals surface area contributed by atoms with Gasteiger partial charge in [0, 0.05) is 24.3 Å². The number of aryl methyl sites for hydroxylation is 1. The van der Waals surface area contributed by atoms with E-state index in [1.54, 1.807) is 0 Å². The molecule has 2 saturated carbocycles. The predicted octanol–water partition coefficient (Wildman–Crippen LogP) is 2.02. The van der Waals surface area contributed by atoms with E-state index in [1.165, 1.54) is 36.9 Å². The van der Waals surface area contributed by atoms with E-state index in [4.69, 9.17) is 0 Å². The molecule has 3 fully saturated rings. The van der Waals surface area contributed by atoms with Crippen LogP contribution in [-0.2, 0) is 12.8 Å². The van der Waals surface area contributed by atoms with Crippen LogP contribution >= 0.6 is 0 Å². The van der Waals surface area contributed by atoms with Crippen LogP contribution in [0.25, 0.3) is 0 Å². The molecule has 1 aliphatic heterocycles. The first-order valence-electron chi connectivity index (χ1n) is 8.16. The fourth-order valence-corrected chi connectivity index (χ4v) is 5.49. The molecule has 1 amide bonds. The Morgan fingerprint density at radius 2 is 1.90 bits per heavy atom. The van der Waals surface area contributed by atoms with Crippen molar-refractivity contribution in [3.05, 3.63) is 17.0 Å². The monoisotopic (exact) mass is 271 g/mol. The van der Waals surface area contributed by atoms with Crippen molar-refractivity contribution in [1.29, 1.82) is 0 Å². The third-order valence-electron chi connectivity index (χ3n) is 6.43. The fourth-order valence-electron chi connectivity index (χ4n) is 5.49. The number of likely N-dealkylation sites (tertiary alicyclic amines) is 1. The Labute approximate surface area is 118 Å². The van der Waals surface area contributed by atoms with E-state index in [9.17, 15) is 4.79 Å². The summed E-state index contributed by atoms with van der Waals surface area (Å²) in [6, 6.07) is 0. The molecule has 0 aromatic carbocycles. The minimum atomic E-state index is 0.193. The van der Waals surface area contributed by atoms with Gasteiger partial charge in [-0.05, 0) is 62.2 Å². The quantitative estimate of drug-likeness (QED) is 0.849. The van der Waals surface area contributed by atoms with Crippen molar-refractivity contribution < 1.29 is 4.79 Å². The average molecular weight is 271 g/mol. The Bertz CT molecular complexity index is 560. The van der Waals surface area contributed by atoms with Gasteiger partial charge in [-0.1, -0.05) is 0 Å². The number of H-pyrrole nitrogens is 1. The maximum Gasteiger partial charge on any atom is 0.274 e. The zero-order valence-corrected chi connectivity index (χ0v) is 11.8. The molecule has 1 N–H and O–H groups in total. The number of hydrogen-bond acceptors (Lipinski definition) is 2. The second kappa shape index (κ2) is 3.86. The smallest absolute Gasteiger partial charge is 0.274 e. The molecule has 3 aliphatic carbocycles. The van der Waals surface area contributed by atoms with E-state index in [0.717, 1.165) is 55.3 Å². The highest BCUT2D eigenvalue weighted by Crippen LogP contribution is 2.55. The van der Waals surface area contributed by atoms with Crippen molar-refractivity contribution in [1.82, 2.24) is 15.1 Å². The van der Waals surface area contributed by atoms with Crippen LogP contribution in [0.15, 0.2) is 0 Å². The van der Waals surface area contributed by atoms with Gasteiger partial charge >= 0.3 is 0 Å². The number of carbonyl (C=O) groups is 1. The summed E-state index contributed by atoms with van der Waals surface area (Å²) in [5.74, 6) is 3.60. The molecule has 4 atom stereocenters. The lowest BCUT2D eigenvalue weighted by Crippen LogP contribution is -2.31. The Balaban J connectivity index is 1.40. The van der Waals surface area contributed by atoms with Gasteiger partial charge in [0.05, 0.1) is 0 Å². The number of hydrogen-bond donors (Lipinski definition) is 1. The number of aromatic nitrogens is 2. The molecule has 106 valence electrons. The van der Waals surface area contributed by atoms with E-state index in [-0.39, 0.29) is 5.91 Å². The first-order valence-corrected chi connectivity index (χ1v) is 8.16. The van der Waals surface area contributed by atoms with Gasteiger partial charge < -0.3 is 4.90 Å². The third kappa shape index (κ3) is 1.37. The molecule has 0 unspecified atom stereocenters. The number of amides is 1. The highest BCUT2D eigenvalue weighted by molar-refractivity contribution is 5.94. The molecule has 4 aliphatic rings. The second-order valence-electron chi connectivity index (χ2n) is 7.25. The van der Waals surface area contributed by atoms with Crippen LogP contribution < -0.4 is 0 Å². The van der Waals surface area contributed by atoms with Crippen molar-refractivity contribution in [3.63, 3.8) is 0 Å². The number of fused-ring (bicyclic) bond motifs is 6. The van der Waals surface area contributed by atoms with Crippen molar-refractivity contribution in [2.45, 2.75) is 38.5 Å². The second-order valence-corrected chi connectivity index (χ2v) is 7.25. The van der Waals surface area contributed by atoms with Crippen LogP contribution in [0, 0.1) is 23.7 Å². The van der Waals surface area contributed by atoms with Crippen LogP contribution in [0.1, 0.15) is 47.4 Å². The predicted molar refractivity (Wildman–Crippen MR) is 74.3 cm³/mol. The van der Waals surface area contributed by atoms with Gasteiger partial charge in [0.25, 0.3) is 5.91 Å². The molecule has 0 radical (unpaired) electrons. The highest BCUT2D eigenvalue weighted by Gasteiger charge is 2.52. The maximum absolute atomic E-state index is 12.8. The van der Waals surface area contributed by atoms with E-state index < -0.39 is 0 Å². The normalized spacial score (nSPS) is 37.5. The zero-order valence-electron chi connectivity index (χ0n) is 11.8. The van der Waals surface area contributed by atoms with E-state index in [2.05, 4.69) is 15.1 Å². The summed E-state index contributed by atoms with van der Waals surface area (Å²) < 4.78 is 0. The average Bonchev–Trinajstić information content (AvgIpc) is 3.20. The van der Waals surface area contributed by atoms with Crippen LogP contribution in [-0.4, -0.2) is 34.1 Å². The topological polar surface area (TPSA) is 49.0 Å². The van der Waals surface area contributed by atoms with Gasteiger partial charge in [-0.25, -0.2) is 0 Å². The maximum atomic E-state index is 12.8. The molecular formula is C16H21N3O. The molecule has 2 bridgehead atoms. The molecule has 1 aromatic rings. The molecule has 4 nitrogen and oxygen atoms in total. The van der Waals surface area contributed by atoms with Gasteiger partial charge in [0.2, 0.25) is 0 Å². The van der Waals surface area contributed by atoms with Gasteiger partial charge in [-0.15, -0.1) is 0 Å². The van der Waals surface area contributed by atoms with Crippen molar-refractivity contribution in [2.75, 3.05) is 13.1 Å². The molecule has 20 heavy (non-hydrogen) atoms. The molecule has 1 aromatic heterocycles. The summed E-state index contributed by atoms with van der Waals surface area (Å²) in [4.78, 5) is 14.9. The van der Waals surface area contributed by atoms with Crippen molar-refractivity contribution in [3.8, 4) is 0 Å². The van der Waals surface area contributed by atoms with Crippen molar-refractivity contribution in [2.24, 2.45) is 23.7 Å². The van der Waals surface area contributed by atoms with Crippen LogP contribution in [0.2, 0.25) is 0 Å². The van der Waals surface area contributed by atoms with Gasteiger partial charge in [-0.2, -0.15) is 5.10 Å². The van der Waals surface area contributed by atoms with E-state index in [1.807, 2.05) is 0 Å². The summed E-state index contributed by atoms with van der Waals surface area (Å²) >= 11 is 0. The van der Waals surface area contributed by atoms with Crippen LogP contribution in [0.3, 0.4) is 0 Å². The summed E-state index contributed by atoms with van der Waals surface area (Å²) in [6.07, 6.45) is 7.51. The number of nitrogens with one attached hydrogen (secondary N) is 1. The number of aromatic amines is 1. The van der Waals surface area contributed by atoms with Gasteiger partial charge in [-0.3, -0.25) is 9.89 Å². The van der Waals surface area contributed by atoms with Gasteiger partial charge in [0.1, 0.15) is 0 Å². The minimum Gasteiger partial charge on any atom is -0.337 e.